The molecule has 0 aromatic heterocycles. The van der Waals surface area contributed by atoms with E-state index in [4.69, 9.17) is 20.7 Å². The summed E-state index contributed by atoms with van der Waals surface area (Å²) in [5.41, 5.74) is 0. The molecular weight excluding hydrogens is 231 g/mol. The molecule has 0 aliphatic rings. The van der Waals surface area contributed by atoms with Gasteiger partial charge in [0.15, 0.2) is 0 Å². The van der Waals surface area contributed by atoms with E-state index in [0.717, 1.165) is 0 Å². The van der Waals surface area contributed by atoms with E-state index in [9.17, 15) is 0 Å². The average molecular weight is 231 g/mol. The van der Waals surface area contributed by atoms with Crippen LogP contribution in [0.3, 0.4) is 0 Å². The molecule has 0 aliphatic heterocycles. The minimum Gasteiger partial charge on any atom is -0.812 e. The van der Waals surface area contributed by atoms with Crippen molar-refractivity contribution < 1.29 is 84.0 Å². The van der Waals surface area contributed by atoms with Crippen molar-refractivity contribution in [2.24, 2.45) is 0 Å². The maximum absolute atomic E-state index is 8.24. The summed E-state index contributed by atoms with van der Waals surface area (Å²) in [7, 11) is 0. The van der Waals surface area contributed by atoms with Crippen molar-refractivity contribution >= 4 is 0 Å². The summed E-state index contributed by atoms with van der Waals surface area (Å²) >= 11 is 0. The van der Waals surface area contributed by atoms with Gasteiger partial charge in [-0.2, -0.15) is 0 Å². The van der Waals surface area contributed by atoms with Crippen LogP contribution in [0, 0.1) is 23.0 Å². The van der Waals surface area contributed by atoms with E-state index < -0.39 is 0 Å². The second-order valence-electron chi connectivity index (χ2n) is 0.183. The zero-order valence-electron chi connectivity index (χ0n) is 4.01. The van der Waals surface area contributed by atoms with E-state index in [1.165, 1.54) is 0 Å². The SMILES string of the molecule is N#C[O-].N#C[O-].[Ag+].[K+]. The van der Waals surface area contributed by atoms with Gasteiger partial charge in [0.25, 0.3) is 0 Å². The molecule has 0 atom stereocenters. The topological polar surface area (TPSA) is 93.7 Å². The van der Waals surface area contributed by atoms with Crippen LogP contribution < -0.4 is 61.6 Å². The van der Waals surface area contributed by atoms with Gasteiger partial charge in [-0.15, -0.1) is 0 Å². The number of nitriles is 2. The van der Waals surface area contributed by atoms with Crippen LogP contribution in [0.5, 0.6) is 0 Å². The number of rotatable bonds is 0. The van der Waals surface area contributed by atoms with E-state index in [-0.39, 0.29) is 73.8 Å². The van der Waals surface area contributed by atoms with Gasteiger partial charge in [-0.3, -0.25) is 0 Å². The second-order valence-corrected chi connectivity index (χ2v) is 0.183. The Bertz CT molecular complexity index is 73.0. The van der Waals surface area contributed by atoms with Gasteiger partial charge in [-0.1, -0.05) is 0 Å². The number of hydrogen-bond donors (Lipinski definition) is 0. The van der Waals surface area contributed by atoms with Crippen LogP contribution in [-0.4, -0.2) is 0 Å². The molecule has 0 fully saturated rings. The molecule has 0 spiro atoms. The molecule has 0 heterocycles. The minimum atomic E-state index is 0. The Morgan fingerprint density at radius 3 is 1.00 bits per heavy atom. The fraction of sp³-hybridized carbons (Fsp3) is 0. The predicted molar refractivity (Wildman–Crippen MR) is 11.2 cm³/mol. The summed E-state index contributed by atoms with van der Waals surface area (Å²) in [5, 5.41) is 30.0. The maximum Gasteiger partial charge on any atom is 1.00 e. The predicted octanol–water partition coefficient (Wildman–Crippen LogP) is -5.34. The molecular formula is C2AgKN2O2. The third-order valence-corrected chi connectivity index (χ3v) is 0. The molecule has 8 heavy (non-hydrogen) atoms. The molecule has 0 bridgehead atoms. The first-order valence-corrected chi connectivity index (χ1v) is 0.855. The molecule has 0 aliphatic carbocycles. The molecule has 0 unspecified atom stereocenters. The standard InChI is InChI=1S/2CHNO.Ag.K/c2*2-1-3;;/h2*3H;;/q;;2*+1/p-2. The van der Waals surface area contributed by atoms with Gasteiger partial charge in [0.2, 0.25) is 0 Å². The van der Waals surface area contributed by atoms with Gasteiger partial charge in [-0.25, -0.2) is 10.5 Å². The van der Waals surface area contributed by atoms with E-state index in [2.05, 4.69) is 0 Å². The van der Waals surface area contributed by atoms with Crippen molar-refractivity contribution in [2.75, 3.05) is 0 Å². The molecule has 0 amide bonds. The van der Waals surface area contributed by atoms with Gasteiger partial charge in [0.1, 0.15) is 0 Å². The maximum atomic E-state index is 8.24. The van der Waals surface area contributed by atoms with Gasteiger partial charge in [0.05, 0.1) is 0 Å². The largest absolute Gasteiger partial charge is 1.00 e. The Kier molecular flexibility index (Phi) is 127. The molecule has 4 nitrogen and oxygen atoms in total. The fourth-order valence-corrected chi connectivity index (χ4v) is 0. The number of hydrogen-bond acceptors (Lipinski definition) is 4. The van der Waals surface area contributed by atoms with Gasteiger partial charge >= 0.3 is 73.8 Å². The third-order valence-electron chi connectivity index (χ3n) is 0. The molecule has 0 saturated heterocycles. The smallest absolute Gasteiger partial charge is 0.812 e. The Morgan fingerprint density at radius 2 is 1.00 bits per heavy atom. The number of nitrogens with zero attached hydrogens (tertiary/aromatic N) is 2. The minimum absolute atomic E-state index is 0. The van der Waals surface area contributed by atoms with Crippen LogP contribution in [0.25, 0.3) is 0 Å². The monoisotopic (exact) mass is 230 g/mol. The first-order chi connectivity index (χ1) is 2.83. The summed E-state index contributed by atoms with van der Waals surface area (Å²) in [4.78, 5) is 0. The van der Waals surface area contributed by atoms with Crippen molar-refractivity contribution in [3.05, 3.63) is 0 Å². The fourth-order valence-electron chi connectivity index (χ4n) is 0. The molecule has 42 valence electrons. The average Bonchev–Trinajstić information content (AvgIpc) is 1.39. The zero-order valence-corrected chi connectivity index (χ0v) is 8.62. The second kappa shape index (κ2) is 44.0. The first kappa shape index (κ1) is 23.1. The summed E-state index contributed by atoms with van der Waals surface area (Å²) in [6.07, 6.45) is 1.00. The van der Waals surface area contributed by atoms with Crippen LogP contribution in [-0.2, 0) is 22.4 Å². The molecule has 0 saturated carbocycles. The summed E-state index contributed by atoms with van der Waals surface area (Å²) in [6, 6.07) is 0. The van der Waals surface area contributed by atoms with Gasteiger partial charge in [0, 0.05) is 12.5 Å². The Labute approximate surface area is 105 Å². The summed E-state index contributed by atoms with van der Waals surface area (Å²) in [5.74, 6) is 0. The Morgan fingerprint density at radius 1 is 1.00 bits per heavy atom. The van der Waals surface area contributed by atoms with E-state index >= 15 is 0 Å². The molecule has 0 aromatic rings. The van der Waals surface area contributed by atoms with Crippen molar-refractivity contribution in [3.63, 3.8) is 0 Å². The van der Waals surface area contributed by atoms with Crippen LogP contribution in [0.1, 0.15) is 0 Å². The van der Waals surface area contributed by atoms with Crippen LogP contribution in [0.2, 0.25) is 0 Å². The quantitative estimate of drug-likeness (QED) is 0.307. The zero-order chi connectivity index (χ0) is 5.41. The van der Waals surface area contributed by atoms with E-state index in [0.29, 0.717) is 12.5 Å². The Balaban J connectivity index is -0.0000000160. The Hall–Kier alpha value is 0.957. The van der Waals surface area contributed by atoms with Crippen molar-refractivity contribution in [3.8, 4) is 12.5 Å². The van der Waals surface area contributed by atoms with E-state index in [1.807, 2.05) is 0 Å². The first-order valence-electron chi connectivity index (χ1n) is 0.855. The summed E-state index contributed by atoms with van der Waals surface area (Å²) < 4.78 is 0. The van der Waals surface area contributed by atoms with Crippen molar-refractivity contribution in [1.82, 2.24) is 0 Å². The van der Waals surface area contributed by atoms with Gasteiger partial charge in [-0.05, 0) is 0 Å². The molecule has 0 aromatic carbocycles. The van der Waals surface area contributed by atoms with Gasteiger partial charge < -0.3 is 10.2 Å². The molecule has 0 rings (SSSR count). The molecule has 0 N–H and O–H groups in total. The van der Waals surface area contributed by atoms with Crippen LogP contribution >= 0.6 is 0 Å². The van der Waals surface area contributed by atoms with Crippen molar-refractivity contribution in [1.29, 1.82) is 10.5 Å². The molecule has 0 radical (unpaired) electrons. The third kappa shape index (κ3) is 270. The van der Waals surface area contributed by atoms with E-state index in [1.54, 1.807) is 0 Å². The normalized spacial score (nSPS) is 1.75. The summed E-state index contributed by atoms with van der Waals surface area (Å²) in [6.45, 7) is 0. The van der Waals surface area contributed by atoms with Crippen molar-refractivity contribution in [2.45, 2.75) is 0 Å². The van der Waals surface area contributed by atoms with Crippen LogP contribution in [0.4, 0.5) is 0 Å². The van der Waals surface area contributed by atoms with Crippen LogP contribution in [0.15, 0.2) is 0 Å². The molecule has 6 heteroatoms.